The third-order valence-electron chi connectivity index (χ3n) is 5.65. The summed E-state index contributed by atoms with van der Waals surface area (Å²) in [6.45, 7) is 1.91. The molecule has 0 bridgehead atoms. The Bertz CT molecular complexity index is 1430. The summed E-state index contributed by atoms with van der Waals surface area (Å²) in [5.41, 5.74) is 0.631. The van der Waals surface area contributed by atoms with Crippen molar-refractivity contribution in [3.63, 3.8) is 0 Å². The van der Waals surface area contributed by atoms with Crippen LogP contribution in [0.3, 0.4) is 0 Å². The van der Waals surface area contributed by atoms with Crippen LogP contribution in [0.4, 0.5) is 18.9 Å². The van der Waals surface area contributed by atoms with Crippen LogP contribution in [0, 0.1) is 17.5 Å². The number of nitrogens with one attached hydrogen (secondary N) is 1. The van der Waals surface area contributed by atoms with E-state index in [1.54, 1.807) is 42.0 Å². The number of hydrogen-bond donors (Lipinski definition) is 1. The Morgan fingerprint density at radius 1 is 0.919 bits per heavy atom. The van der Waals surface area contributed by atoms with Crippen molar-refractivity contribution in [1.29, 1.82) is 0 Å². The van der Waals surface area contributed by atoms with Crippen LogP contribution in [0.2, 0.25) is 0 Å². The number of esters is 1. The lowest BCUT2D eigenvalue weighted by Gasteiger charge is -2.13. The lowest BCUT2D eigenvalue weighted by molar-refractivity contribution is 0.0515. The fourth-order valence-electron chi connectivity index (χ4n) is 3.91. The highest BCUT2D eigenvalue weighted by Gasteiger charge is 2.28. The van der Waals surface area contributed by atoms with E-state index < -0.39 is 34.9 Å². The summed E-state index contributed by atoms with van der Waals surface area (Å²) in [5.74, 6) is -5.70. The molecule has 0 fully saturated rings. The molecule has 6 nitrogen and oxygen atoms in total. The number of ether oxygens (including phenoxy) is 2. The fourth-order valence-corrected chi connectivity index (χ4v) is 3.91. The SMILES string of the molecule is CCOC(=O)c1c(NC(=O)c2c(F)ccc(F)c2F)c(-c2ccc(OC)cc2)cn1Cc1ccccc1. The number of halogens is 3. The monoisotopic (exact) mass is 508 g/mol. The lowest BCUT2D eigenvalue weighted by atomic mass is 10.1. The molecule has 0 spiro atoms. The Balaban J connectivity index is 1.89. The van der Waals surface area contributed by atoms with Crippen LogP contribution in [-0.2, 0) is 11.3 Å². The van der Waals surface area contributed by atoms with E-state index in [2.05, 4.69) is 5.32 Å². The molecule has 0 saturated carbocycles. The zero-order valence-corrected chi connectivity index (χ0v) is 20.1. The van der Waals surface area contributed by atoms with E-state index in [0.717, 1.165) is 5.56 Å². The van der Waals surface area contributed by atoms with Crippen LogP contribution in [0.25, 0.3) is 11.1 Å². The molecular weight excluding hydrogens is 485 g/mol. The van der Waals surface area contributed by atoms with E-state index in [1.807, 2.05) is 30.3 Å². The second-order valence-corrected chi connectivity index (χ2v) is 8.00. The predicted octanol–water partition coefficient (Wildman–Crippen LogP) is 6.06. The molecule has 0 saturated heterocycles. The van der Waals surface area contributed by atoms with Crippen molar-refractivity contribution in [2.45, 2.75) is 13.5 Å². The van der Waals surface area contributed by atoms with Crippen molar-refractivity contribution in [2.75, 3.05) is 19.0 Å². The zero-order chi connectivity index (χ0) is 26.5. The van der Waals surface area contributed by atoms with Gasteiger partial charge in [-0.2, -0.15) is 0 Å². The van der Waals surface area contributed by atoms with Gasteiger partial charge in [0.25, 0.3) is 5.91 Å². The summed E-state index contributed by atoms with van der Waals surface area (Å²) in [6.07, 6.45) is 1.63. The molecule has 190 valence electrons. The molecule has 9 heteroatoms. The van der Waals surface area contributed by atoms with Crippen molar-refractivity contribution >= 4 is 17.6 Å². The van der Waals surface area contributed by atoms with E-state index in [1.165, 1.54) is 7.11 Å². The first kappa shape index (κ1) is 25.6. The van der Waals surface area contributed by atoms with Crippen LogP contribution in [0.1, 0.15) is 33.3 Å². The third-order valence-corrected chi connectivity index (χ3v) is 5.65. The Kier molecular flexibility index (Phi) is 7.62. The molecule has 1 N–H and O–H groups in total. The standard InChI is InChI=1S/C28H23F3N2O4/c1-3-37-28(35)26-25(32-27(34)23-21(29)13-14-22(30)24(23)31)20(18-9-11-19(36-2)12-10-18)16-33(26)15-17-7-5-4-6-8-17/h4-14,16H,3,15H2,1-2H3,(H,32,34). The molecule has 1 aromatic heterocycles. The first-order valence-electron chi connectivity index (χ1n) is 11.4. The Labute approximate surface area is 211 Å². The number of aromatic nitrogens is 1. The van der Waals surface area contributed by atoms with Gasteiger partial charge in [-0.25, -0.2) is 18.0 Å². The van der Waals surface area contributed by atoms with Gasteiger partial charge in [-0.3, -0.25) is 4.79 Å². The number of carbonyl (C=O) groups is 2. The molecule has 0 radical (unpaired) electrons. The minimum Gasteiger partial charge on any atom is -0.497 e. The second kappa shape index (κ2) is 11.0. The van der Waals surface area contributed by atoms with Gasteiger partial charge in [0.15, 0.2) is 17.3 Å². The van der Waals surface area contributed by atoms with Crippen LogP contribution >= 0.6 is 0 Å². The Hall–Kier alpha value is -4.53. The minimum atomic E-state index is -1.63. The van der Waals surface area contributed by atoms with Gasteiger partial charge in [0, 0.05) is 18.3 Å². The molecule has 0 aliphatic heterocycles. The van der Waals surface area contributed by atoms with E-state index in [-0.39, 0.29) is 24.5 Å². The lowest BCUT2D eigenvalue weighted by Crippen LogP contribution is -2.20. The van der Waals surface area contributed by atoms with Crippen LogP contribution in [0.5, 0.6) is 5.75 Å². The first-order chi connectivity index (χ1) is 17.8. The van der Waals surface area contributed by atoms with E-state index in [4.69, 9.17) is 9.47 Å². The average molecular weight is 508 g/mol. The van der Waals surface area contributed by atoms with Crippen LogP contribution in [0.15, 0.2) is 72.9 Å². The average Bonchev–Trinajstić information content (AvgIpc) is 3.24. The van der Waals surface area contributed by atoms with Gasteiger partial charge in [0.1, 0.15) is 17.1 Å². The molecule has 1 amide bonds. The molecule has 0 unspecified atom stereocenters. The molecule has 0 aliphatic rings. The summed E-state index contributed by atoms with van der Waals surface area (Å²) in [7, 11) is 1.51. The highest BCUT2D eigenvalue weighted by molar-refractivity contribution is 6.11. The highest BCUT2D eigenvalue weighted by Crippen LogP contribution is 2.36. The maximum absolute atomic E-state index is 14.4. The summed E-state index contributed by atoms with van der Waals surface area (Å²) in [6, 6.07) is 17.3. The summed E-state index contributed by atoms with van der Waals surface area (Å²) >= 11 is 0. The molecule has 4 rings (SSSR count). The van der Waals surface area contributed by atoms with Gasteiger partial charge in [-0.1, -0.05) is 42.5 Å². The van der Waals surface area contributed by atoms with E-state index in [0.29, 0.717) is 29.0 Å². The predicted molar refractivity (Wildman–Crippen MR) is 132 cm³/mol. The molecule has 1 heterocycles. The number of nitrogens with zero attached hydrogens (tertiary/aromatic N) is 1. The summed E-state index contributed by atoms with van der Waals surface area (Å²) in [4.78, 5) is 26.2. The molecular formula is C28H23F3N2O4. The number of methoxy groups -OCH3 is 1. The molecule has 0 atom stereocenters. The van der Waals surface area contributed by atoms with Gasteiger partial charge >= 0.3 is 5.97 Å². The van der Waals surface area contributed by atoms with Gasteiger partial charge in [-0.05, 0) is 42.3 Å². The number of anilines is 1. The molecule has 37 heavy (non-hydrogen) atoms. The van der Waals surface area contributed by atoms with Crippen LogP contribution in [-0.4, -0.2) is 30.2 Å². The fraction of sp³-hybridized carbons (Fsp3) is 0.143. The number of hydrogen-bond acceptors (Lipinski definition) is 4. The molecule has 4 aromatic rings. The van der Waals surface area contributed by atoms with Gasteiger partial charge in [0.2, 0.25) is 0 Å². The first-order valence-corrected chi connectivity index (χ1v) is 11.4. The normalized spacial score (nSPS) is 10.7. The second-order valence-electron chi connectivity index (χ2n) is 8.00. The van der Waals surface area contributed by atoms with Gasteiger partial charge in [-0.15, -0.1) is 0 Å². The summed E-state index contributed by atoms with van der Waals surface area (Å²) < 4.78 is 54.6. The maximum Gasteiger partial charge on any atom is 0.357 e. The van der Waals surface area contributed by atoms with Gasteiger partial charge < -0.3 is 19.4 Å². The van der Waals surface area contributed by atoms with Crippen molar-refractivity contribution < 1.29 is 32.2 Å². The Morgan fingerprint density at radius 3 is 2.24 bits per heavy atom. The van der Waals surface area contributed by atoms with E-state index >= 15 is 0 Å². The zero-order valence-electron chi connectivity index (χ0n) is 20.1. The third kappa shape index (κ3) is 5.35. The smallest absolute Gasteiger partial charge is 0.357 e. The van der Waals surface area contributed by atoms with Crippen molar-refractivity contribution in [3.8, 4) is 16.9 Å². The van der Waals surface area contributed by atoms with Crippen LogP contribution < -0.4 is 10.1 Å². The number of carbonyl (C=O) groups excluding carboxylic acids is 2. The van der Waals surface area contributed by atoms with E-state index in [9.17, 15) is 22.8 Å². The Morgan fingerprint density at radius 2 is 1.59 bits per heavy atom. The quantitative estimate of drug-likeness (QED) is 0.232. The minimum absolute atomic E-state index is 0.0346. The largest absolute Gasteiger partial charge is 0.497 e. The maximum atomic E-state index is 14.4. The van der Waals surface area contributed by atoms with Gasteiger partial charge in [0.05, 0.1) is 19.4 Å². The molecule has 0 aliphatic carbocycles. The number of benzene rings is 3. The number of rotatable bonds is 8. The highest BCUT2D eigenvalue weighted by atomic mass is 19.2. The number of amides is 1. The topological polar surface area (TPSA) is 69.6 Å². The van der Waals surface area contributed by atoms with Crippen molar-refractivity contribution in [1.82, 2.24) is 4.57 Å². The summed E-state index contributed by atoms with van der Waals surface area (Å²) in [5, 5.41) is 2.44. The van der Waals surface area contributed by atoms with Crippen molar-refractivity contribution in [2.24, 2.45) is 0 Å². The molecule has 3 aromatic carbocycles. The van der Waals surface area contributed by atoms with Crippen molar-refractivity contribution in [3.05, 3.63) is 107 Å².